The standard InChI is InChI=1S/C20H22Cl2N2O3S/c1-14-7-8-18(22)11-19(14)23-20(25)16-5-3-9-24(12-16)28(26,27)13-15-4-2-6-17(21)10-15/h2,4,6-8,10-11,16H,3,5,9,12-13H2,1H3,(H,23,25)/t16-/m1/s1. The lowest BCUT2D eigenvalue weighted by atomic mass is 9.98. The second-order valence-corrected chi connectivity index (χ2v) is 9.87. The molecule has 1 aliphatic rings. The normalized spacial score (nSPS) is 18.0. The van der Waals surface area contributed by atoms with Gasteiger partial charge in [0.2, 0.25) is 15.9 Å². The largest absolute Gasteiger partial charge is 0.326 e. The van der Waals surface area contributed by atoms with Crippen LogP contribution < -0.4 is 5.32 Å². The first-order chi connectivity index (χ1) is 13.2. The first-order valence-electron chi connectivity index (χ1n) is 9.04. The molecule has 8 heteroatoms. The molecule has 0 aromatic heterocycles. The fourth-order valence-electron chi connectivity index (χ4n) is 3.30. The van der Waals surface area contributed by atoms with Gasteiger partial charge in [0, 0.05) is 28.8 Å². The van der Waals surface area contributed by atoms with Crippen molar-refractivity contribution in [2.24, 2.45) is 5.92 Å². The van der Waals surface area contributed by atoms with Crippen LogP contribution in [0.25, 0.3) is 0 Å². The Labute approximate surface area is 175 Å². The number of hydrogen-bond donors (Lipinski definition) is 1. The van der Waals surface area contributed by atoms with Gasteiger partial charge in [-0.3, -0.25) is 4.79 Å². The van der Waals surface area contributed by atoms with E-state index in [1.165, 1.54) is 4.31 Å². The van der Waals surface area contributed by atoms with Crippen LogP contribution in [-0.2, 0) is 20.6 Å². The monoisotopic (exact) mass is 440 g/mol. The Hall–Kier alpha value is -1.60. The highest BCUT2D eigenvalue weighted by Crippen LogP contribution is 2.25. The molecule has 1 heterocycles. The molecular weight excluding hydrogens is 419 g/mol. The van der Waals surface area contributed by atoms with Gasteiger partial charge in [0.15, 0.2) is 0 Å². The highest BCUT2D eigenvalue weighted by molar-refractivity contribution is 7.88. The van der Waals surface area contributed by atoms with E-state index in [2.05, 4.69) is 5.32 Å². The minimum atomic E-state index is -3.53. The Kier molecular flexibility index (Phi) is 6.65. The quantitative estimate of drug-likeness (QED) is 0.744. The SMILES string of the molecule is Cc1ccc(Cl)cc1NC(=O)[C@@H]1CCCN(S(=O)(=O)Cc2cccc(Cl)c2)C1. The molecule has 1 atom stereocenters. The van der Waals surface area contributed by atoms with E-state index in [-0.39, 0.29) is 18.2 Å². The van der Waals surface area contributed by atoms with Crippen LogP contribution in [0.4, 0.5) is 5.69 Å². The molecule has 0 bridgehead atoms. The van der Waals surface area contributed by atoms with Gasteiger partial charge < -0.3 is 5.32 Å². The van der Waals surface area contributed by atoms with Gasteiger partial charge in [0.25, 0.3) is 0 Å². The van der Waals surface area contributed by atoms with Crippen molar-refractivity contribution in [2.75, 3.05) is 18.4 Å². The first kappa shape index (κ1) is 21.1. The third-order valence-corrected chi connectivity index (χ3v) is 7.13. The number of sulfonamides is 1. The fourth-order valence-corrected chi connectivity index (χ4v) is 5.28. The van der Waals surface area contributed by atoms with Gasteiger partial charge in [0.1, 0.15) is 0 Å². The maximum absolute atomic E-state index is 12.8. The smallest absolute Gasteiger partial charge is 0.228 e. The predicted octanol–water partition coefficient (Wildman–Crippen LogP) is 4.48. The Morgan fingerprint density at radius 2 is 1.93 bits per heavy atom. The summed E-state index contributed by atoms with van der Waals surface area (Å²) in [6, 6.07) is 12.1. The highest BCUT2D eigenvalue weighted by Gasteiger charge is 2.32. The molecular formula is C20H22Cl2N2O3S. The summed E-state index contributed by atoms with van der Waals surface area (Å²) in [5, 5.41) is 3.93. The Bertz CT molecular complexity index is 979. The van der Waals surface area contributed by atoms with E-state index in [1.54, 1.807) is 36.4 Å². The Morgan fingerprint density at radius 1 is 1.18 bits per heavy atom. The molecule has 2 aromatic carbocycles. The van der Waals surface area contributed by atoms with Crippen LogP contribution in [0, 0.1) is 12.8 Å². The van der Waals surface area contributed by atoms with Crippen LogP contribution >= 0.6 is 23.2 Å². The summed E-state index contributed by atoms with van der Waals surface area (Å²) in [5.74, 6) is -0.718. The molecule has 1 amide bonds. The number of aryl methyl sites for hydroxylation is 1. The number of anilines is 1. The van der Waals surface area contributed by atoms with Crippen LogP contribution in [-0.4, -0.2) is 31.7 Å². The van der Waals surface area contributed by atoms with Crippen molar-refractivity contribution in [2.45, 2.75) is 25.5 Å². The van der Waals surface area contributed by atoms with Crippen LogP contribution in [0.15, 0.2) is 42.5 Å². The Balaban J connectivity index is 1.69. The predicted molar refractivity (Wildman–Crippen MR) is 113 cm³/mol. The van der Waals surface area contributed by atoms with Crippen molar-refractivity contribution in [1.82, 2.24) is 4.31 Å². The molecule has 5 nitrogen and oxygen atoms in total. The number of hydrogen-bond acceptors (Lipinski definition) is 3. The number of carbonyl (C=O) groups is 1. The van der Waals surface area contributed by atoms with E-state index < -0.39 is 15.9 Å². The molecule has 1 N–H and O–H groups in total. The maximum atomic E-state index is 12.8. The van der Waals surface area contributed by atoms with Crippen LogP contribution in [0.5, 0.6) is 0 Å². The van der Waals surface area contributed by atoms with Crippen molar-refractivity contribution < 1.29 is 13.2 Å². The fraction of sp³-hybridized carbons (Fsp3) is 0.350. The van der Waals surface area contributed by atoms with Gasteiger partial charge in [-0.05, 0) is 55.2 Å². The lowest BCUT2D eigenvalue weighted by molar-refractivity contribution is -0.120. The van der Waals surface area contributed by atoms with Gasteiger partial charge in [-0.15, -0.1) is 0 Å². The zero-order valence-corrected chi connectivity index (χ0v) is 17.8. The molecule has 1 aliphatic heterocycles. The average Bonchev–Trinajstić information content (AvgIpc) is 2.64. The van der Waals surface area contributed by atoms with Crippen molar-refractivity contribution in [3.05, 3.63) is 63.6 Å². The first-order valence-corrected chi connectivity index (χ1v) is 11.4. The van der Waals surface area contributed by atoms with E-state index in [0.717, 1.165) is 5.56 Å². The molecule has 1 saturated heterocycles. The summed E-state index contributed by atoms with van der Waals surface area (Å²) in [6.07, 6.45) is 1.29. The van der Waals surface area contributed by atoms with E-state index in [0.29, 0.717) is 40.7 Å². The minimum absolute atomic E-state index is 0.130. The van der Waals surface area contributed by atoms with Crippen molar-refractivity contribution in [1.29, 1.82) is 0 Å². The van der Waals surface area contributed by atoms with E-state index in [9.17, 15) is 13.2 Å². The third kappa shape index (κ3) is 5.26. The molecule has 0 radical (unpaired) electrons. The molecule has 0 saturated carbocycles. The number of nitrogens with zero attached hydrogens (tertiary/aromatic N) is 1. The number of nitrogens with one attached hydrogen (secondary N) is 1. The van der Waals surface area contributed by atoms with Gasteiger partial charge in [0.05, 0.1) is 11.7 Å². The topological polar surface area (TPSA) is 66.5 Å². The van der Waals surface area contributed by atoms with Gasteiger partial charge >= 0.3 is 0 Å². The van der Waals surface area contributed by atoms with Crippen molar-refractivity contribution in [3.63, 3.8) is 0 Å². The van der Waals surface area contributed by atoms with Crippen LogP contribution in [0.1, 0.15) is 24.0 Å². The number of carbonyl (C=O) groups excluding carboxylic acids is 1. The Morgan fingerprint density at radius 3 is 2.68 bits per heavy atom. The second kappa shape index (κ2) is 8.82. The summed E-state index contributed by atoms with van der Waals surface area (Å²) in [5.41, 5.74) is 2.18. The van der Waals surface area contributed by atoms with Crippen molar-refractivity contribution in [3.8, 4) is 0 Å². The van der Waals surface area contributed by atoms with Gasteiger partial charge in [-0.1, -0.05) is 41.4 Å². The highest BCUT2D eigenvalue weighted by atomic mass is 35.5. The van der Waals surface area contributed by atoms with Gasteiger partial charge in [-0.2, -0.15) is 0 Å². The van der Waals surface area contributed by atoms with Gasteiger partial charge in [-0.25, -0.2) is 12.7 Å². The van der Waals surface area contributed by atoms with Crippen LogP contribution in [0.2, 0.25) is 10.0 Å². The number of halogens is 2. The number of piperidine rings is 1. The zero-order chi connectivity index (χ0) is 20.3. The average molecular weight is 441 g/mol. The summed E-state index contributed by atoms with van der Waals surface area (Å²) >= 11 is 12.0. The summed E-state index contributed by atoms with van der Waals surface area (Å²) < 4.78 is 27.1. The minimum Gasteiger partial charge on any atom is -0.326 e. The lowest BCUT2D eigenvalue weighted by Crippen LogP contribution is -2.44. The zero-order valence-electron chi connectivity index (χ0n) is 15.5. The molecule has 150 valence electrons. The molecule has 3 rings (SSSR count). The summed E-state index contributed by atoms with van der Waals surface area (Å²) in [4.78, 5) is 12.7. The third-order valence-electron chi connectivity index (χ3n) is 4.84. The lowest BCUT2D eigenvalue weighted by Gasteiger charge is -2.31. The van der Waals surface area contributed by atoms with Crippen molar-refractivity contribution >= 4 is 44.8 Å². The van der Waals surface area contributed by atoms with E-state index >= 15 is 0 Å². The van der Waals surface area contributed by atoms with E-state index in [4.69, 9.17) is 23.2 Å². The van der Waals surface area contributed by atoms with E-state index in [1.807, 2.05) is 13.0 Å². The molecule has 0 aliphatic carbocycles. The summed E-state index contributed by atoms with van der Waals surface area (Å²) in [7, 11) is -3.53. The number of benzene rings is 2. The molecule has 28 heavy (non-hydrogen) atoms. The molecule has 0 unspecified atom stereocenters. The second-order valence-electron chi connectivity index (χ2n) is 7.03. The molecule has 0 spiro atoms. The molecule has 1 fully saturated rings. The van der Waals surface area contributed by atoms with Crippen LogP contribution in [0.3, 0.4) is 0 Å². The number of rotatable bonds is 5. The number of amides is 1. The summed E-state index contributed by atoms with van der Waals surface area (Å²) in [6.45, 7) is 2.48. The molecule has 2 aromatic rings. The maximum Gasteiger partial charge on any atom is 0.228 e.